The molecule has 0 unspecified atom stereocenters. The summed E-state index contributed by atoms with van der Waals surface area (Å²) in [5.74, 6) is 0.997. The topological polar surface area (TPSA) is 30.7 Å². The molecule has 1 aromatic heterocycles. The van der Waals surface area contributed by atoms with Gasteiger partial charge in [-0.1, -0.05) is 60.2 Å². The van der Waals surface area contributed by atoms with Gasteiger partial charge in [-0.3, -0.25) is 0 Å². The number of aryl methyl sites for hydroxylation is 1. The zero-order valence-corrected chi connectivity index (χ0v) is 11.5. The summed E-state index contributed by atoms with van der Waals surface area (Å²) in [5, 5.41) is 8.28. The summed E-state index contributed by atoms with van der Waals surface area (Å²) in [5.41, 5.74) is 3.80. The van der Waals surface area contributed by atoms with Crippen molar-refractivity contribution in [2.45, 2.75) is 19.9 Å². The van der Waals surface area contributed by atoms with Crippen molar-refractivity contribution in [3.05, 3.63) is 83.4 Å². The molecule has 0 spiro atoms. The van der Waals surface area contributed by atoms with Gasteiger partial charge in [0.2, 0.25) is 0 Å². The molecule has 20 heavy (non-hydrogen) atoms. The molecule has 100 valence electrons. The lowest BCUT2D eigenvalue weighted by molar-refractivity contribution is 0.740. The van der Waals surface area contributed by atoms with E-state index in [1.165, 1.54) is 16.7 Å². The van der Waals surface area contributed by atoms with E-state index in [0.717, 1.165) is 18.8 Å². The zero-order chi connectivity index (χ0) is 13.8. The van der Waals surface area contributed by atoms with Gasteiger partial charge in [-0.25, -0.2) is 0 Å². The quantitative estimate of drug-likeness (QED) is 0.723. The van der Waals surface area contributed by atoms with E-state index in [-0.39, 0.29) is 0 Å². The Balaban J connectivity index is 1.78. The summed E-state index contributed by atoms with van der Waals surface area (Å²) < 4.78 is 2.11. The number of hydrogen-bond donors (Lipinski definition) is 0. The van der Waals surface area contributed by atoms with Gasteiger partial charge in [0.05, 0.1) is 6.54 Å². The molecule has 3 nitrogen and oxygen atoms in total. The van der Waals surface area contributed by atoms with E-state index in [1.807, 2.05) is 6.07 Å². The average molecular weight is 263 g/mol. The molecular weight excluding hydrogens is 246 g/mol. The molecule has 0 aliphatic heterocycles. The maximum Gasteiger partial charge on any atom is 0.137 e. The van der Waals surface area contributed by atoms with Crippen LogP contribution in [0, 0.1) is 6.92 Å². The molecule has 3 heteroatoms. The normalized spacial score (nSPS) is 10.7. The fourth-order valence-electron chi connectivity index (χ4n) is 2.22. The Morgan fingerprint density at radius 2 is 1.65 bits per heavy atom. The number of benzene rings is 2. The van der Waals surface area contributed by atoms with Crippen LogP contribution in [0.3, 0.4) is 0 Å². The average Bonchev–Trinajstić information content (AvgIpc) is 2.90. The number of nitrogens with zero attached hydrogens (tertiary/aromatic N) is 3. The highest BCUT2D eigenvalue weighted by Gasteiger charge is 2.05. The fourth-order valence-corrected chi connectivity index (χ4v) is 2.22. The van der Waals surface area contributed by atoms with Crippen LogP contribution >= 0.6 is 0 Å². The minimum Gasteiger partial charge on any atom is -0.313 e. The van der Waals surface area contributed by atoms with Gasteiger partial charge >= 0.3 is 0 Å². The summed E-state index contributed by atoms with van der Waals surface area (Å²) in [6.07, 6.45) is 2.62. The fraction of sp³-hybridized carbons (Fsp3) is 0.176. The molecule has 0 aliphatic rings. The number of aromatic nitrogens is 3. The van der Waals surface area contributed by atoms with E-state index in [1.54, 1.807) is 6.33 Å². The minimum absolute atomic E-state index is 0.812. The molecule has 0 saturated carbocycles. The summed E-state index contributed by atoms with van der Waals surface area (Å²) in [6.45, 7) is 2.92. The largest absolute Gasteiger partial charge is 0.313 e. The maximum atomic E-state index is 4.24. The van der Waals surface area contributed by atoms with Gasteiger partial charge in [0, 0.05) is 6.42 Å². The van der Waals surface area contributed by atoms with Gasteiger partial charge in [-0.05, 0) is 18.1 Å². The third-order valence-electron chi connectivity index (χ3n) is 3.37. The van der Waals surface area contributed by atoms with Crippen LogP contribution in [0.15, 0.2) is 60.9 Å². The maximum absolute atomic E-state index is 4.24. The standard InChI is InChI=1S/C17H17N3/c1-14-7-9-16(10-8-14)12-20-13-18-19-17(20)11-15-5-3-2-4-6-15/h2-10,13H,11-12H2,1H3. The molecule has 0 aliphatic carbocycles. The second-order valence-corrected chi connectivity index (χ2v) is 5.02. The van der Waals surface area contributed by atoms with Gasteiger partial charge in [-0.15, -0.1) is 10.2 Å². The summed E-state index contributed by atoms with van der Waals surface area (Å²) in [6, 6.07) is 18.9. The van der Waals surface area contributed by atoms with Crippen molar-refractivity contribution in [3.63, 3.8) is 0 Å². The summed E-state index contributed by atoms with van der Waals surface area (Å²) in [4.78, 5) is 0. The smallest absolute Gasteiger partial charge is 0.137 e. The molecule has 0 N–H and O–H groups in total. The molecule has 3 rings (SSSR count). The SMILES string of the molecule is Cc1ccc(Cn2cnnc2Cc2ccccc2)cc1. The second-order valence-electron chi connectivity index (χ2n) is 5.02. The molecule has 0 radical (unpaired) electrons. The van der Waals surface area contributed by atoms with Crippen molar-refractivity contribution in [1.82, 2.24) is 14.8 Å². The lowest BCUT2D eigenvalue weighted by Crippen LogP contribution is -2.05. The Labute approximate surface area is 118 Å². The molecule has 2 aromatic carbocycles. The van der Waals surface area contributed by atoms with E-state index in [9.17, 15) is 0 Å². The van der Waals surface area contributed by atoms with Crippen molar-refractivity contribution < 1.29 is 0 Å². The van der Waals surface area contributed by atoms with Crippen molar-refractivity contribution in [2.24, 2.45) is 0 Å². The van der Waals surface area contributed by atoms with E-state index >= 15 is 0 Å². The first kappa shape index (κ1) is 12.6. The van der Waals surface area contributed by atoms with Crippen LogP contribution in [0.25, 0.3) is 0 Å². The Morgan fingerprint density at radius 1 is 0.900 bits per heavy atom. The van der Waals surface area contributed by atoms with Crippen LogP contribution in [0.5, 0.6) is 0 Å². The lowest BCUT2D eigenvalue weighted by Gasteiger charge is -2.07. The van der Waals surface area contributed by atoms with Gasteiger partial charge in [-0.2, -0.15) is 0 Å². The zero-order valence-electron chi connectivity index (χ0n) is 11.5. The number of rotatable bonds is 4. The highest BCUT2D eigenvalue weighted by atomic mass is 15.3. The Bertz CT molecular complexity index is 669. The Hall–Kier alpha value is -2.42. The highest BCUT2D eigenvalue weighted by Crippen LogP contribution is 2.10. The van der Waals surface area contributed by atoms with Gasteiger partial charge in [0.1, 0.15) is 12.2 Å². The summed E-state index contributed by atoms with van der Waals surface area (Å²) >= 11 is 0. The Kier molecular flexibility index (Phi) is 3.59. The molecular formula is C17H17N3. The molecule has 0 atom stereocenters. The van der Waals surface area contributed by atoms with Crippen LogP contribution in [0.1, 0.15) is 22.5 Å². The van der Waals surface area contributed by atoms with Gasteiger partial charge < -0.3 is 4.57 Å². The number of hydrogen-bond acceptors (Lipinski definition) is 2. The summed E-state index contributed by atoms with van der Waals surface area (Å²) in [7, 11) is 0. The van der Waals surface area contributed by atoms with Gasteiger partial charge in [0.25, 0.3) is 0 Å². The molecule has 1 heterocycles. The molecule has 0 fully saturated rings. The monoisotopic (exact) mass is 263 g/mol. The predicted octanol–water partition coefficient (Wildman–Crippen LogP) is 3.23. The van der Waals surface area contributed by atoms with Crippen LogP contribution in [-0.2, 0) is 13.0 Å². The van der Waals surface area contributed by atoms with Crippen LogP contribution < -0.4 is 0 Å². The first-order chi connectivity index (χ1) is 9.81. The Morgan fingerprint density at radius 3 is 2.40 bits per heavy atom. The minimum atomic E-state index is 0.812. The van der Waals surface area contributed by atoms with E-state index < -0.39 is 0 Å². The molecule has 0 amide bonds. The van der Waals surface area contributed by atoms with Crippen LogP contribution in [0.4, 0.5) is 0 Å². The first-order valence-electron chi connectivity index (χ1n) is 6.77. The van der Waals surface area contributed by atoms with Crippen LogP contribution in [0.2, 0.25) is 0 Å². The van der Waals surface area contributed by atoms with E-state index in [0.29, 0.717) is 0 Å². The van der Waals surface area contributed by atoms with Crippen molar-refractivity contribution >= 4 is 0 Å². The van der Waals surface area contributed by atoms with Gasteiger partial charge in [0.15, 0.2) is 0 Å². The predicted molar refractivity (Wildman–Crippen MR) is 79.6 cm³/mol. The van der Waals surface area contributed by atoms with E-state index in [2.05, 4.69) is 70.2 Å². The lowest BCUT2D eigenvalue weighted by atomic mass is 10.1. The third-order valence-corrected chi connectivity index (χ3v) is 3.37. The molecule has 0 saturated heterocycles. The van der Waals surface area contributed by atoms with Crippen molar-refractivity contribution in [3.8, 4) is 0 Å². The van der Waals surface area contributed by atoms with E-state index in [4.69, 9.17) is 0 Å². The third kappa shape index (κ3) is 2.94. The van der Waals surface area contributed by atoms with Crippen molar-refractivity contribution in [1.29, 1.82) is 0 Å². The van der Waals surface area contributed by atoms with Crippen LogP contribution in [-0.4, -0.2) is 14.8 Å². The molecule has 0 bridgehead atoms. The van der Waals surface area contributed by atoms with Crippen molar-refractivity contribution in [2.75, 3.05) is 0 Å². The first-order valence-corrected chi connectivity index (χ1v) is 6.77. The highest BCUT2D eigenvalue weighted by molar-refractivity contribution is 5.23. The molecule has 3 aromatic rings. The second kappa shape index (κ2) is 5.70.